The van der Waals surface area contributed by atoms with Crippen molar-refractivity contribution in [3.63, 3.8) is 0 Å². The highest BCUT2D eigenvalue weighted by molar-refractivity contribution is 6.10. The Labute approximate surface area is 270 Å². The number of hydrogen-bond donors (Lipinski definition) is 1. The van der Waals surface area contributed by atoms with Crippen LogP contribution < -0.4 is 15.6 Å². The number of ether oxygens (including phenoxy) is 1. The van der Waals surface area contributed by atoms with Crippen LogP contribution in [0.5, 0.6) is 5.75 Å². The zero-order valence-corrected chi connectivity index (χ0v) is 25.6. The molecule has 0 atom stereocenters. The van der Waals surface area contributed by atoms with E-state index in [2.05, 4.69) is 5.32 Å². The molecule has 0 aliphatic rings. The summed E-state index contributed by atoms with van der Waals surface area (Å²) in [5.74, 6) is -0.532. The Morgan fingerprint density at radius 3 is 2.23 bits per heavy atom. The second-order valence-corrected chi connectivity index (χ2v) is 10.7. The normalized spacial score (nSPS) is 11.2. The molecule has 10 heteroatoms. The highest BCUT2D eigenvalue weighted by atomic mass is 19.1. The fraction of sp³-hybridized carbons (Fsp3) is 0.0811. The molecule has 0 fully saturated rings. The molecular formula is C37H29FN6O3. The molecule has 0 unspecified atom stereocenters. The highest BCUT2D eigenvalue weighted by Gasteiger charge is 2.21. The van der Waals surface area contributed by atoms with Crippen LogP contribution in [-0.2, 0) is 18.4 Å². The summed E-state index contributed by atoms with van der Waals surface area (Å²) in [7, 11) is 1.72. The molecule has 0 aliphatic heterocycles. The van der Waals surface area contributed by atoms with E-state index in [4.69, 9.17) is 9.84 Å². The number of anilines is 1. The number of carbonyl (C=O) groups excluding carboxylic acids is 1. The second kappa shape index (κ2) is 13.3. The first-order chi connectivity index (χ1) is 22.8. The number of aromatic nitrogens is 4. The number of nitrogens with zero attached hydrogens (tertiary/aromatic N) is 5. The monoisotopic (exact) mass is 624 g/mol. The van der Waals surface area contributed by atoms with Gasteiger partial charge < -0.3 is 10.1 Å². The lowest BCUT2D eigenvalue weighted by atomic mass is 10.1. The van der Waals surface area contributed by atoms with E-state index < -0.39 is 11.5 Å². The Bertz CT molecular complexity index is 2190. The van der Waals surface area contributed by atoms with Gasteiger partial charge in [0.2, 0.25) is 0 Å². The summed E-state index contributed by atoms with van der Waals surface area (Å²) in [5, 5.41) is 17.5. The minimum Gasteiger partial charge on any atom is -0.489 e. The van der Waals surface area contributed by atoms with Crippen molar-refractivity contribution in [2.75, 3.05) is 5.32 Å². The van der Waals surface area contributed by atoms with Gasteiger partial charge in [-0.1, -0.05) is 54.6 Å². The molecule has 6 aromatic rings. The predicted molar refractivity (Wildman–Crippen MR) is 178 cm³/mol. The van der Waals surface area contributed by atoms with E-state index >= 15 is 0 Å². The number of halogens is 1. The Kier molecular flexibility index (Phi) is 8.62. The fourth-order valence-electron chi connectivity index (χ4n) is 5.11. The van der Waals surface area contributed by atoms with Crippen LogP contribution in [0.2, 0.25) is 0 Å². The van der Waals surface area contributed by atoms with Crippen molar-refractivity contribution in [3.05, 3.63) is 154 Å². The van der Waals surface area contributed by atoms with Gasteiger partial charge in [-0.3, -0.25) is 14.3 Å². The molecule has 0 aliphatic carbocycles. The summed E-state index contributed by atoms with van der Waals surface area (Å²) in [5.41, 5.74) is 3.56. The van der Waals surface area contributed by atoms with Gasteiger partial charge in [-0.2, -0.15) is 10.4 Å². The molecule has 0 saturated carbocycles. The predicted octanol–water partition coefficient (Wildman–Crippen LogP) is 6.60. The number of benzene rings is 4. The first-order valence-electron chi connectivity index (χ1n) is 14.7. The summed E-state index contributed by atoms with van der Waals surface area (Å²) >= 11 is 0. The molecule has 9 nitrogen and oxygen atoms in total. The Morgan fingerprint density at radius 2 is 1.57 bits per heavy atom. The highest BCUT2D eigenvalue weighted by Crippen LogP contribution is 2.28. The maximum Gasteiger partial charge on any atom is 0.295 e. The van der Waals surface area contributed by atoms with Crippen LogP contribution in [0.3, 0.4) is 0 Å². The first-order valence-corrected chi connectivity index (χ1v) is 14.7. The van der Waals surface area contributed by atoms with Gasteiger partial charge in [-0.25, -0.2) is 13.8 Å². The topological polar surface area (TPSA) is 107 Å². The van der Waals surface area contributed by atoms with Crippen LogP contribution in [-0.4, -0.2) is 25.1 Å². The zero-order valence-electron chi connectivity index (χ0n) is 25.6. The van der Waals surface area contributed by atoms with Crippen molar-refractivity contribution in [3.8, 4) is 34.5 Å². The van der Waals surface area contributed by atoms with E-state index in [-0.39, 0.29) is 23.7 Å². The number of nitrogens with one attached hydrogen (secondary N) is 1. The zero-order chi connectivity index (χ0) is 32.9. The molecule has 2 heterocycles. The average molecular weight is 625 g/mol. The number of rotatable bonds is 9. The van der Waals surface area contributed by atoms with Gasteiger partial charge in [-0.05, 0) is 67.6 Å². The molecule has 47 heavy (non-hydrogen) atoms. The van der Waals surface area contributed by atoms with Crippen LogP contribution >= 0.6 is 0 Å². The van der Waals surface area contributed by atoms with Gasteiger partial charge in [0.25, 0.3) is 11.5 Å². The summed E-state index contributed by atoms with van der Waals surface area (Å²) in [6.07, 6.45) is 3.18. The molecule has 1 amide bonds. The quantitative estimate of drug-likeness (QED) is 0.144. The van der Waals surface area contributed by atoms with Gasteiger partial charge in [0.05, 0.1) is 22.8 Å². The van der Waals surface area contributed by atoms with Crippen LogP contribution in [0.4, 0.5) is 10.1 Å². The van der Waals surface area contributed by atoms with Gasteiger partial charge >= 0.3 is 0 Å². The molecule has 0 radical (unpaired) electrons. The van der Waals surface area contributed by atoms with Crippen LogP contribution in [0.15, 0.2) is 126 Å². The van der Waals surface area contributed by atoms with E-state index in [1.807, 2.05) is 54.6 Å². The smallest absolute Gasteiger partial charge is 0.295 e. The lowest BCUT2D eigenvalue weighted by Crippen LogP contribution is -2.23. The molecule has 0 spiro atoms. The molecule has 4 aromatic carbocycles. The number of para-hydroxylation sites is 2. The molecular weight excluding hydrogens is 595 g/mol. The van der Waals surface area contributed by atoms with Gasteiger partial charge in [0.1, 0.15) is 35.5 Å². The van der Waals surface area contributed by atoms with Crippen molar-refractivity contribution in [2.45, 2.75) is 13.5 Å². The van der Waals surface area contributed by atoms with Crippen LogP contribution in [0, 0.1) is 24.1 Å². The molecule has 0 saturated heterocycles. The van der Waals surface area contributed by atoms with Gasteiger partial charge in [0, 0.05) is 29.9 Å². The largest absolute Gasteiger partial charge is 0.489 e. The first kappa shape index (κ1) is 30.6. The minimum atomic E-state index is -0.728. The summed E-state index contributed by atoms with van der Waals surface area (Å²) in [6, 6.07) is 34.0. The number of nitriles is 1. The van der Waals surface area contributed by atoms with E-state index in [1.54, 1.807) is 84.1 Å². The molecule has 0 bridgehead atoms. The number of carbonyl (C=O) groups is 1. The summed E-state index contributed by atoms with van der Waals surface area (Å²) < 4.78 is 24.6. The Morgan fingerprint density at radius 1 is 0.936 bits per heavy atom. The lowest BCUT2D eigenvalue weighted by molar-refractivity contribution is -0.112. The number of amides is 1. The van der Waals surface area contributed by atoms with Gasteiger partial charge in [-0.15, -0.1) is 0 Å². The lowest BCUT2D eigenvalue weighted by Gasteiger charge is -2.08. The van der Waals surface area contributed by atoms with Crippen molar-refractivity contribution in [2.24, 2.45) is 7.05 Å². The van der Waals surface area contributed by atoms with E-state index in [0.29, 0.717) is 39.5 Å². The molecule has 2 aromatic heterocycles. The minimum absolute atomic E-state index is 0.0700. The van der Waals surface area contributed by atoms with Crippen LogP contribution in [0.1, 0.15) is 16.8 Å². The maximum atomic E-state index is 14.0. The van der Waals surface area contributed by atoms with Crippen molar-refractivity contribution >= 4 is 17.7 Å². The van der Waals surface area contributed by atoms with Crippen molar-refractivity contribution in [1.29, 1.82) is 5.26 Å². The summed E-state index contributed by atoms with van der Waals surface area (Å²) in [6.45, 7) is 1.79. The third kappa shape index (κ3) is 6.36. The standard InChI is InChI=1S/C37H29FN6O3/c1-25-34(37(46)44(42(25)2)31-14-7-4-8-15-31)40-36(45)28(22-39)21-29-23-43(30-12-5-3-6-13-30)41-35(29)26-17-19-32(20-18-26)47-24-27-11-9-10-16-33(27)38/h3-21,23H,24H2,1-2H3,(H,40,45). The van der Waals surface area contributed by atoms with Crippen LogP contribution in [0.25, 0.3) is 28.7 Å². The Hall–Kier alpha value is -6.47. The molecule has 232 valence electrons. The molecule has 1 N–H and O–H groups in total. The van der Waals surface area contributed by atoms with Gasteiger partial charge in [0.15, 0.2) is 0 Å². The SMILES string of the molecule is Cc1c(NC(=O)C(C#N)=Cc2cn(-c3ccccc3)nc2-c2ccc(OCc3ccccc3F)cc2)c(=O)n(-c2ccccc2)n1C. The Balaban J connectivity index is 1.32. The fourth-order valence-corrected chi connectivity index (χ4v) is 5.11. The summed E-state index contributed by atoms with van der Waals surface area (Å²) in [4.78, 5) is 26.8. The van der Waals surface area contributed by atoms with Crippen molar-refractivity contribution < 1.29 is 13.9 Å². The molecule has 6 rings (SSSR count). The maximum absolute atomic E-state index is 14.0. The van der Waals surface area contributed by atoms with E-state index in [9.17, 15) is 19.2 Å². The number of hydrogen-bond acceptors (Lipinski definition) is 5. The third-order valence-corrected chi connectivity index (χ3v) is 7.70. The second-order valence-electron chi connectivity index (χ2n) is 10.7. The van der Waals surface area contributed by atoms with E-state index in [0.717, 1.165) is 5.69 Å². The average Bonchev–Trinajstić information content (AvgIpc) is 3.62. The van der Waals surface area contributed by atoms with E-state index in [1.165, 1.54) is 16.8 Å². The van der Waals surface area contributed by atoms with Crippen molar-refractivity contribution in [1.82, 2.24) is 19.1 Å². The third-order valence-electron chi connectivity index (χ3n) is 7.70.